The fourth-order valence-corrected chi connectivity index (χ4v) is 1.43. The maximum absolute atomic E-state index is 12.1. The summed E-state index contributed by atoms with van der Waals surface area (Å²) in [6, 6.07) is 1.76. The Bertz CT molecular complexity index is 124. The van der Waals surface area contributed by atoms with Gasteiger partial charge in [-0.2, -0.15) is 13.0 Å². The first-order valence-electron chi connectivity index (χ1n) is 2.50. The standard InChI is InChI=1S/C5H9F2NS/c1-5(3-8)4-9(2,6)7/h5H,4H2,1-2H3. The second-order valence-electron chi connectivity index (χ2n) is 2.07. The molecule has 0 radical (unpaired) electrons. The van der Waals surface area contributed by atoms with Gasteiger partial charge in [0.2, 0.25) is 0 Å². The van der Waals surface area contributed by atoms with Gasteiger partial charge in [-0.05, 0) is 6.92 Å². The van der Waals surface area contributed by atoms with Crippen LogP contribution in [0, 0.1) is 17.2 Å². The van der Waals surface area contributed by atoms with Crippen molar-refractivity contribution in [2.75, 3.05) is 12.0 Å². The average Bonchev–Trinajstić information content (AvgIpc) is 1.62. The van der Waals surface area contributed by atoms with E-state index in [2.05, 4.69) is 0 Å². The topological polar surface area (TPSA) is 23.8 Å². The van der Waals surface area contributed by atoms with Gasteiger partial charge < -0.3 is 0 Å². The van der Waals surface area contributed by atoms with E-state index in [1.165, 1.54) is 6.92 Å². The highest BCUT2D eigenvalue weighted by Crippen LogP contribution is 2.48. The van der Waals surface area contributed by atoms with E-state index in [-0.39, 0.29) is 5.75 Å². The van der Waals surface area contributed by atoms with Gasteiger partial charge in [0.1, 0.15) is 0 Å². The lowest BCUT2D eigenvalue weighted by Crippen LogP contribution is -2.00. The molecule has 1 nitrogen and oxygen atoms in total. The molecule has 0 heterocycles. The molecule has 0 aromatic carbocycles. The first-order chi connectivity index (χ1) is 3.95. The molecule has 1 unspecified atom stereocenters. The monoisotopic (exact) mass is 153 g/mol. The Kier molecular flexibility index (Phi) is 2.92. The van der Waals surface area contributed by atoms with Crippen LogP contribution >= 0.6 is 10.8 Å². The fraction of sp³-hybridized carbons (Fsp3) is 0.800. The van der Waals surface area contributed by atoms with Crippen LogP contribution in [0.15, 0.2) is 0 Å². The molecule has 0 aromatic heterocycles. The van der Waals surface area contributed by atoms with Crippen molar-refractivity contribution in [3.05, 3.63) is 0 Å². The van der Waals surface area contributed by atoms with Crippen molar-refractivity contribution in [2.45, 2.75) is 6.92 Å². The van der Waals surface area contributed by atoms with Crippen molar-refractivity contribution in [2.24, 2.45) is 5.92 Å². The zero-order chi connectivity index (χ0) is 7.49. The van der Waals surface area contributed by atoms with E-state index in [0.717, 1.165) is 6.26 Å². The molecule has 0 rings (SSSR count). The smallest absolute Gasteiger partial charge is 0.0662 e. The van der Waals surface area contributed by atoms with E-state index in [1.807, 2.05) is 0 Å². The van der Waals surface area contributed by atoms with Gasteiger partial charge in [0.05, 0.1) is 22.8 Å². The molecule has 0 aliphatic carbocycles. The normalized spacial score (nSPS) is 16.3. The molecular weight excluding hydrogens is 144 g/mol. The molecule has 0 amide bonds. The third-order valence-electron chi connectivity index (χ3n) is 0.763. The summed E-state index contributed by atoms with van der Waals surface area (Å²) in [5.74, 6) is -0.774. The van der Waals surface area contributed by atoms with E-state index in [9.17, 15) is 7.77 Å². The number of rotatable bonds is 2. The molecule has 54 valence electrons. The van der Waals surface area contributed by atoms with Crippen molar-refractivity contribution in [1.29, 1.82) is 5.26 Å². The molecule has 0 aromatic rings. The third-order valence-corrected chi connectivity index (χ3v) is 1.85. The van der Waals surface area contributed by atoms with Crippen LogP contribution in [0.1, 0.15) is 6.92 Å². The minimum absolute atomic E-state index is 0.260. The van der Waals surface area contributed by atoms with E-state index in [0.29, 0.717) is 0 Å². The Morgan fingerprint density at radius 2 is 2.11 bits per heavy atom. The van der Waals surface area contributed by atoms with Crippen LogP contribution in [-0.2, 0) is 0 Å². The van der Waals surface area contributed by atoms with Gasteiger partial charge in [-0.3, -0.25) is 0 Å². The van der Waals surface area contributed by atoms with E-state index < -0.39 is 16.7 Å². The zero-order valence-electron chi connectivity index (χ0n) is 5.40. The molecular formula is C5H9F2NS. The number of hydrogen-bond donors (Lipinski definition) is 0. The van der Waals surface area contributed by atoms with Crippen LogP contribution in [0.4, 0.5) is 7.77 Å². The Morgan fingerprint density at radius 1 is 1.67 bits per heavy atom. The lowest BCUT2D eigenvalue weighted by atomic mass is 10.3. The molecule has 9 heavy (non-hydrogen) atoms. The number of nitrogens with zero attached hydrogens (tertiary/aromatic N) is 1. The molecule has 1 atom stereocenters. The molecule has 4 heteroatoms. The minimum Gasteiger partial charge on any atom is -0.198 e. The summed E-state index contributed by atoms with van der Waals surface area (Å²) in [5, 5.41) is 8.13. The van der Waals surface area contributed by atoms with Crippen LogP contribution in [0.3, 0.4) is 0 Å². The molecule has 0 fully saturated rings. The predicted molar refractivity (Wildman–Crippen MR) is 35.4 cm³/mol. The van der Waals surface area contributed by atoms with Gasteiger partial charge >= 0.3 is 0 Å². The maximum Gasteiger partial charge on any atom is 0.0662 e. The van der Waals surface area contributed by atoms with E-state index in [1.54, 1.807) is 6.07 Å². The number of halogens is 2. The van der Waals surface area contributed by atoms with Crippen LogP contribution in [0.2, 0.25) is 0 Å². The lowest BCUT2D eigenvalue weighted by molar-refractivity contribution is 0.719. The summed E-state index contributed by atoms with van der Waals surface area (Å²) < 4.78 is 24.2. The highest BCUT2D eigenvalue weighted by molar-refractivity contribution is 8.24. The first kappa shape index (κ1) is 8.70. The van der Waals surface area contributed by atoms with Crippen LogP contribution in [-0.4, -0.2) is 12.0 Å². The molecule has 0 spiro atoms. The van der Waals surface area contributed by atoms with E-state index >= 15 is 0 Å². The van der Waals surface area contributed by atoms with Gasteiger partial charge in [-0.1, -0.05) is 0 Å². The maximum atomic E-state index is 12.1. The summed E-state index contributed by atoms with van der Waals surface area (Å²) in [5.41, 5.74) is 0. The molecule has 0 bridgehead atoms. The summed E-state index contributed by atoms with van der Waals surface area (Å²) in [6.45, 7) is 1.50. The summed E-state index contributed by atoms with van der Waals surface area (Å²) in [6.07, 6.45) is 0.904. The highest BCUT2D eigenvalue weighted by atomic mass is 32.3. The summed E-state index contributed by atoms with van der Waals surface area (Å²) >= 11 is 0. The summed E-state index contributed by atoms with van der Waals surface area (Å²) in [7, 11) is -3.46. The van der Waals surface area contributed by atoms with Gasteiger partial charge in [0.25, 0.3) is 0 Å². The first-order valence-corrected chi connectivity index (χ1v) is 4.51. The Balaban J connectivity index is 3.63. The van der Waals surface area contributed by atoms with Crippen LogP contribution in [0.25, 0.3) is 0 Å². The van der Waals surface area contributed by atoms with Crippen molar-refractivity contribution in [3.63, 3.8) is 0 Å². The fourth-order valence-electron chi connectivity index (χ4n) is 0.476. The molecule has 0 N–H and O–H groups in total. The van der Waals surface area contributed by atoms with Gasteiger partial charge in [0.15, 0.2) is 0 Å². The van der Waals surface area contributed by atoms with Gasteiger partial charge in [-0.25, -0.2) is 0 Å². The van der Waals surface area contributed by atoms with Crippen LogP contribution in [0.5, 0.6) is 0 Å². The zero-order valence-corrected chi connectivity index (χ0v) is 6.21. The second-order valence-corrected chi connectivity index (χ2v) is 4.15. The Morgan fingerprint density at radius 3 is 2.22 bits per heavy atom. The second kappa shape index (κ2) is 3.02. The van der Waals surface area contributed by atoms with Crippen molar-refractivity contribution in [1.82, 2.24) is 0 Å². The Hall–Kier alpha value is -0.300. The highest BCUT2D eigenvalue weighted by Gasteiger charge is 2.18. The molecule has 0 saturated heterocycles. The predicted octanol–water partition coefficient (Wildman–Crippen LogP) is 2.35. The van der Waals surface area contributed by atoms with Crippen molar-refractivity contribution < 1.29 is 7.77 Å². The number of hydrogen-bond acceptors (Lipinski definition) is 1. The van der Waals surface area contributed by atoms with Crippen LogP contribution < -0.4 is 0 Å². The number of nitriles is 1. The molecule has 0 aliphatic rings. The minimum atomic E-state index is -3.46. The largest absolute Gasteiger partial charge is 0.198 e. The summed E-state index contributed by atoms with van der Waals surface area (Å²) in [4.78, 5) is 0. The SMILES string of the molecule is CC(C#N)CS(C)(F)F. The van der Waals surface area contributed by atoms with Crippen molar-refractivity contribution >= 4 is 10.8 Å². The third kappa shape index (κ3) is 5.57. The quantitative estimate of drug-likeness (QED) is 0.597. The van der Waals surface area contributed by atoms with Gasteiger partial charge in [-0.15, -0.1) is 0 Å². The Labute approximate surface area is 55.6 Å². The molecule has 0 saturated carbocycles. The van der Waals surface area contributed by atoms with Gasteiger partial charge in [0, 0.05) is 12.0 Å². The average molecular weight is 153 g/mol. The lowest BCUT2D eigenvalue weighted by Gasteiger charge is -2.14. The van der Waals surface area contributed by atoms with E-state index in [4.69, 9.17) is 5.26 Å². The van der Waals surface area contributed by atoms with Crippen molar-refractivity contribution in [3.8, 4) is 6.07 Å². The molecule has 0 aliphatic heterocycles.